The molecule has 3 aromatic rings. The van der Waals surface area contributed by atoms with Crippen LogP contribution in [-0.4, -0.2) is 42.3 Å². The molecular formula is C27H25ClN2O4S2. The van der Waals surface area contributed by atoms with Gasteiger partial charge in [-0.05, 0) is 54.8 Å². The lowest BCUT2D eigenvalue weighted by Crippen LogP contribution is -2.38. The first-order valence-electron chi connectivity index (χ1n) is 11.6. The highest BCUT2D eigenvalue weighted by molar-refractivity contribution is 8.16. The summed E-state index contributed by atoms with van der Waals surface area (Å²) in [5.41, 5.74) is 2.71. The molecule has 2 heterocycles. The van der Waals surface area contributed by atoms with E-state index >= 15 is 0 Å². The van der Waals surface area contributed by atoms with Gasteiger partial charge in [0.15, 0.2) is 20.8 Å². The number of aliphatic imine (C=N–C) groups is 1. The van der Waals surface area contributed by atoms with Crippen molar-refractivity contribution >= 4 is 50.0 Å². The zero-order chi connectivity index (χ0) is 25.3. The van der Waals surface area contributed by atoms with E-state index in [9.17, 15) is 13.2 Å². The Labute approximate surface area is 220 Å². The third kappa shape index (κ3) is 5.61. The topological polar surface area (TPSA) is 76.0 Å². The quantitative estimate of drug-likeness (QED) is 0.400. The normalized spacial score (nSPS) is 21.5. The number of amides is 1. The fourth-order valence-corrected chi connectivity index (χ4v) is 8.57. The van der Waals surface area contributed by atoms with E-state index in [0.717, 1.165) is 11.1 Å². The van der Waals surface area contributed by atoms with Crippen LogP contribution in [0, 0.1) is 6.92 Å². The molecule has 0 unspecified atom stereocenters. The molecule has 0 saturated carbocycles. The van der Waals surface area contributed by atoms with Crippen molar-refractivity contribution in [2.75, 3.05) is 16.4 Å². The monoisotopic (exact) mass is 540 g/mol. The highest BCUT2D eigenvalue weighted by Crippen LogP contribution is 2.45. The van der Waals surface area contributed by atoms with Gasteiger partial charge in [-0.25, -0.2) is 8.42 Å². The molecule has 2 fully saturated rings. The average molecular weight is 541 g/mol. The van der Waals surface area contributed by atoms with Gasteiger partial charge in [0, 0.05) is 16.7 Å². The van der Waals surface area contributed by atoms with E-state index in [1.54, 1.807) is 18.2 Å². The lowest BCUT2D eigenvalue weighted by Gasteiger charge is -2.27. The van der Waals surface area contributed by atoms with E-state index in [1.807, 2.05) is 66.4 Å². The predicted octanol–water partition coefficient (Wildman–Crippen LogP) is 5.67. The average Bonchev–Trinajstić information content (AvgIpc) is 3.30. The number of rotatable bonds is 6. The number of thioether (sulfide) groups is 1. The predicted molar refractivity (Wildman–Crippen MR) is 146 cm³/mol. The Bertz CT molecular complexity index is 1430. The van der Waals surface area contributed by atoms with Crippen molar-refractivity contribution in [3.05, 3.63) is 88.9 Å². The molecule has 2 saturated heterocycles. The van der Waals surface area contributed by atoms with Crippen LogP contribution in [0.2, 0.25) is 5.02 Å². The van der Waals surface area contributed by atoms with Crippen LogP contribution in [0.4, 0.5) is 5.69 Å². The van der Waals surface area contributed by atoms with E-state index in [2.05, 4.69) is 4.99 Å². The smallest absolute Gasteiger partial charge is 0.248 e. The van der Waals surface area contributed by atoms with Gasteiger partial charge in [0.1, 0.15) is 5.75 Å². The Balaban J connectivity index is 1.48. The standard InChI is InChI=1S/C27H25ClN2O4S2/c1-18-6-5-9-21(14-18)34-24-12-11-20(28)15-22(24)30-23-16-36(32,33)17-25(23)35-27(30)29-26(31)13-10-19-7-3-2-4-8-19/h2-9,11-12,14-15,23,25H,10,13,16-17H2,1H3/t23-,25+/m0/s1. The number of aryl methyl sites for hydroxylation is 2. The Morgan fingerprint density at radius 3 is 2.67 bits per heavy atom. The highest BCUT2D eigenvalue weighted by atomic mass is 35.5. The molecule has 0 aromatic heterocycles. The molecule has 2 atom stereocenters. The van der Waals surface area contributed by atoms with E-state index in [0.29, 0.717) is 33.8 Å². The minimum Gasteiger partial charge on any atom is -0.455 e. The molecule has 0 aliphatic carbocycles. The molecule has 6 nitrogen and oxygen atoms in total. The van der Waals surface area contributed by atoms with Crippen molar-refractivity contribution in [3.63, 3.8) is 0 Å². The summed E-state index contributed by atoms with van der Waals surface area (Å²) in [5.74, 6) is 0.944. The number of anilines is 1. The van der Waals surface area contributed by atoms with Gasteiger partial charge in [0.25, 0.3) is 0 Å². The van der Waals surface area contributed by atoms with Gasteiger partial charge in [0.2, 0.25) is 5.91 Å². The zero-order valence-corrected chi connectivity index (χ0v) is 22.0. The zero-order valence-electron chi connectivity index (χ0n) is 19.6. The lowest BCUT2D eigenvalue weighted by molar-refractivity contribution is -0.117. The number of halogens is 1. The largest absolute Gasteiger partial charge is 0.455 e. The molecule has 9 heteroatoms. The maximum absolute atomic E-state index is 12.9. The molecule has 0 spiro atoms. The number of carbonyl (C=O) groups excluding carboxylic acids is 1. The number of ether oxygens (including phenoxy) is 1. The summed E-state index contributed by atoms with van der Waals surface area (Å²) in [7, 11) is -3.21. The Morgan fingerprint density at radius 2 is 1.89 bits per heavy atom. The van der Waals surface area contributed by atoms with Crippen LogP contribution in [0.25, 0.3) is 0 Å². The summed E-state index contributed by atoms with van der Waals surface area (Å²) >= 11 is 7.72. The molecule has 0 N–H and O–H groups in total. The van der Waals surface area contributed by atoms with E-state index in [-0.39, 0.29) is 35.1 Å². The summed E-state index contributed by atoms with van der Waals surface area (Å²) in [6.45, 7) is 1.98. The molecule has 36 heavy (non-hydrogen) atoms. The maximum Gasteiger partial charge on any atom is 0.248 e. The summed E-state index contributed by atoms with van der Waals surface area (Å²) in [6.07, 6.45) is 0.846. The van der Waals surface area contributed by atoms with Crippen molar-refractivity contribution in [2.45, 2.75) is 31.1 Å². The number of hydrogen-bond donors (Lipinski definition) is 0. The summed E-state index contributed by atoms with van der Waals surface area (Å²) in [6, 6.07) is 22.3. The number of benzene rings is 3. The van der Waals surface area contributed by atoms with Crippen LogP contribution in [0.5, 0.6) is 11.5 Å². The number of hydrogen-bond acceptors (Lipinski definition) is 5. The SMILES string of the molecule is Cc1cccc(Oc2ccc(Cl)cc2N2C(=NC(=O)CCc3ccccc3)S[C@@H]3CS(=O)(=O)C[C@@H]32)c1. The first-order valence-corrected chi connectivity index (χ1v) is 14.7. The van der Waals surface area contributed by atoms with Gasteiger partial charge < -0.3 is 9.64 Å². The molecule has 0 bridgehead atoms. The number of sulfone groups is 1. The Morgan fingerprint density at radius 1 is 1.08 bits per heavy atom. The van der Waals surface area contributed by atoms with E-state index in [1.165, 1.54) is 11.8 Å². The first kappa shape index (κ1) is 24.9. The van der Waals surface area contributed by atoms with Gasteiger partial charge in [0.05, 0.1) is 23.2 Å². The fourth-order valence-electron chi connectivity index (χ4n) is 4.48. The molecule has 0 radical (unpaired) electrons. The second-order valence-corrected chi connectivity index (χ2v) is 12.8. The molecule has 1 amide bonds. The second-order valence-electron chi connectivity index (χ2n) is 8.97. The lowest BCUT2D eigenvalue weighted by atomic mass is 10.1. The van der Waals surface area contributed by atoms with Crippen LogP contribution in [0.3, 0.4) is 0 Å². The fraction of sp³-hybridized carbons (Fsp3) is 0.259. The van der Waals surface area contributed by atoms with Crippen LogP contribution in [0.15, 0.2) is 77.8 Å². The molecule has 3 aromatic carbocycles. The minimum absolute atomic E-state index is 0.0156. The molecule has 2 aliphatic rings. The molecule has 5 rings (SSSR count). The summed E-state index contributed by atoms with van der Waals surface area (Å²) in [4.78, 5) is 19.1. The van der Waals surface area contributed by atoms with Crippen LogP contribution in [0.1, 0.15) is 17.5 Å². The Hall–Kier alpha value is -2.81. The van der Waals surface area contributed by atoms with Crippen LogP contribution >= 0.6 is 23.4 Å². The van der Waals surface area contributed by atoms with Gasteiger partial charge in [-0.1, -0.05) is 65.8 Å². The molecular weight excluding hydrogens is 516 g/mol. The first-order chi connectivity index (χ1) is 17.3. The molecule has 186 valence electrons. The van der Waals surface area contributed by atoms with Gasteiger partial charge in [-0.3, -0.25) is 4.79 Å². The minimum atomic E-state index is -3.21. The van der Waals surface area contributed by atoms with Gasteiger partial charge in [-0.2, -0.15) is 4.99 Å². The van der Waals surface area contributed by atoms with E-state index < -0.39 is 9.84 Å². The number of amidine groups is 1. The number of fused-ring (bicyclic) bond motifs is 1. The molecule has 2 aliphatic heterocycles. The van der Waals surface area contributed by atoms with Crippen LogP contribution < -0.4 is 9.64 Å². The van der Waals surface area contributed by atoms with Gasteiger partial charge >= 0.3 is 0 Å². The van der Waals surface area contributed by atoms with Crippen molar-refractivity contribution in [3.8, 4) is 11.5 Å². The van der Waals surface area contributed by atoms with Crippen LogP contribution in [-0.2, 0) is 21.1 Å². The third-order valence-electron chi connectivity index (χ3n) is 6.16. The van der Waals surface area contributed by atoms with Crippen molar-refractivity contribution in [1.29, 1.82) is 0 Å². The van der Waals surface area contributed by atoms with Crippen molar-refractivity contribution in [2.24, 2.45) is 4.99 Å². The summed E-state index contributed by atoms with van der Waals surface area (Å²) in [5, 5.41) is 0.737. The maximum atomic E-state index is 12.9. The highest BCUT2D eigenvalue weighted by Gasteiger charge is 2.50. The third-order valence-corrected chi connectivity index (χ3v) is 9.60. The Kier molecular flexibility index (Phi) is 7.10. The number of carbonyl (C=O) groups is 1. The second kappa shape index (κ2) is 10.3. The van der Waals surface area contributed by atoms with Crippen molar-refractivity contribution in [1.82, 2.24) is 0 Å². The number of nitrogens with zero attached hydrogens (tertiary/aromatic N) is 2. The van der Waals surface area contributed by atoms with Crippen molar-refractivity contribution < 1.29 is 17.9 Å². The van der Waals surface area contributed by atoms with E-state index in [4.69, 9.17) is 16.3 Å². The summed E-state index contributed by atoms with van der Waals surface area (Å²) < 4.78 is 31.2. The van der Waals surface area contributed by atoms with Gasteiger partial charge in [-0.15, -0.1) is 0 Å².